The van der Waals surface area contributed by atoms with Crippen LogP contribution >= 0.6 is 0 Å². The molecule has 0 N–H and O–H groups in total. The fourth-order valence-corrected chi connectivity index (χ4v) is 2.94. The van der Waals surface area contributed by atoms with Crippen molar-refractivity contribution in [2.45, 2.75) is 18.8 Å². The Balaban J connectivity index is 1.66. The number of amides is 1. The molecule has 0 saturated carbocycles. The second-order valence-corrected chi connectivity index (χ2v) is 5.63. The highest BCUT2D eigenvalue weighted by Gasteiger charge is 2.27. The lowest BCUT2D eigenvalue weighted by Crippen LogP contribution is -2.30. The van der Waals surface area contributed by atoms with E-state index >= 15 is 0 Å². The summed E-state index contributed by atoms with van der Waals surface area (Å²) in [5.41, 5.74) is 1.34. The molecule has 0 unspecified atom stereocenters. The number of carbonyl (C=O) groups excluding carboxylic acids is 1. The second kappa shape index (κ2) is 6.26. The number of hydrogen-bond acceptors (Lipinski definition) is 1. The Morgan fingerprint density at radius 1 is 1.09 bits per heavy atom. The third-order valence-electron chi connectivity index (χ3n) is 4.19. The Labute approximate surface area is 128 Å². The van der Waals surface area contributed by atoms with Gasteiger partial charge >= 0.3 is 0 Å². The molecule has 0 spiro atoms. The van der Waals surface area contributed by atoms with Crippen LogP contribution < -0.4 is 0 Å². The molecule has 3 rings (SSSR count). The van der Waals surface area contributed by atoms with Crippen LogP contribution in [0.2, 0.25) is 0 Å². The quantitative estimate of drug-likeness (QED) is 0.849. The van der Waals surface area contributed by atoms with Crippen LogP contribution in [0.25, 0.3) is 0 Å². The molecule has 22 heavy (non-hydrogen) atoms. The van der Waals surface area contributed by atoms with Crippen molar-refractivity contribution < 1.29 is 13.6 Å². The van der Waals surface area contributed by atoms with E-state index in [1.807, 2.05) is 18.2 Å². The highest BCUT2D eigenvalue weighted by Crippen LogP contribution is 2.27. The average Bonchev–Trinajstić information content (AvgIpc) is 3.03. The monoisotopic (exact) mass is 301 g/mol. The lowest BCUT2D eigenvalue weighted by molar-refractivity contribution is -0.129. The van der Waals surface area contributed by atoms with Crippen molar-refractivity contribution in [2.24, 2.45) is 0 Å². The van der Waals surface area contributed by atoms with Crippen LogP contribution in [0.15, 0.2) is 48.5 Å². The molecule has 1 aliphatic heterocycles. The molecule has 0 bridgehead atoms. The summed E-state index contributed by atoms with van der Waals surface area (Å²) in [6, 6.07) is 14.0. The maximum atomic E-state index is 13.6. The minimum absolute atomic E-state index is 0.0922. The molecule has 1 atom stereocenters. The number of halogens is 2. The third-order valence-corrected chi connectivity index (χ3v) is 4.19. The first-order valence-electron chi connectivity index (χ1n) is 7.41. The highest BCUT2D eigenvalue weighted by molar-refractivity contribution is 5.79. The van der Waals surface area contributed by atoms with E-state index in [2.05, 4.69) is 12.1 Å². The predicted octanol–water partition coefficient (Wildman–Crippen LogP) is 3.52. The first kappa shape index (κ1) is 14.7. The summed E-state index contributed by atoms with van der Waals surface area (Å²) in [7, 11) is 0. The smallest absolute Gasteiger partial charge is 0.227 e. The van der Waals surface area contributed by atoms with E-state index in [0.717, 1.165) is 12.5 Å². The van der Waals surface area contributed by atoms with E-state index < -0.39 is 11.6 Å². The van der Waals surface area contributed by atoms with Gasteiger partial charge in [0, 0.05) is 24.6 Å². The number of likely N-dealkylation sites (tertiary alicyclic amines) is 1. The van der Waals surface area contributed by atoms with Gasteiger partial charge in [0.05, 0.1) is 6.42 Å². The minimum atomic E-state index is -0.922. The first-order chi connectivity index (χ1) is 10.6. The van der Waals surface area contributed by atoms with Crippen molar-refractivity contribution in [3.63, 3.8) is 0 Å². The number of hydrogen-bond donors (Lipinski definition) is 0. The molecule has 2 aromatic carbocycles. The van der Waals surface area contributed by atoms with Crippen molar-refractivity contribution in [2.75, 3.05) is 13.1 Å². The van der Waals surface area contributed by atoms with Crippen LogP contribution in [0.5, 0.6) is 0 Å². The molecule has 1 saturated heterocycles. The summed E-state index contributed by atoms with van der Waals surface area (Å²) in [6.45, 7) is 1.30. The molecule has 1 heterocycles. The fourth-order valence-electron chi connectivity index (χ4n) is 2.94. The standard InChI is InChI=1S/C18H17F2NO/c19-16-8-4-7-14(18(16)20)11-17(22)21-10-9-15(12-21)13-5-2-1-3-6-13/h1-8,15H,9-12H2/t15-/m0/s1. The van der Waals surface area contributed by atoms with E-state index in [1.54, 1.807) is 4.90 Å². The number of rotatable bonds is 3. The van der Waals surface area contributed by atoms with Crippen LogP contribution in [0, 0.1) is 11.6 Å². The predicted molar refractivity (Wildman–Crippen MR) is 80.4 cm³/mol. The SMILES string of the molecule is O=C(Cc1cccc(F)c1F)N1CC[C@H](c2ccccc2)C1. The van der Waals surface area contributed by atoms with E-state index in [0.29, 0.717) is 19.0 Å². The molecular weight excluding hydrogens is 284 g/mol. The van der Waals surface area contributed by atoms with E-state index in [9.17, 15) is 13.6 Å². The zero-order chi connectivity index (χ0) is 15.5. The molecule has 1 amide bonds. The molecule has 0 aromatic heterocycles. The Hall–Kier alpha value is -2.23. The maximum Gasteiger partial charge on any atom is 0.227 e. The summed E-state index contributed by atoms with van der Waals surface area (Å²) in [6.07, 6.45) is 0.812. The lowest BCUT2D eigenvalue weighted by Gasteiger charge is -2.17. The van der Waals surface area contributed by atoms with Gasteiger partial charge in [-0.1, -0.05) is 42.5 Å². The molecule has 2 nitrogen and oxygen atoms in total. The number of benzene rings is 2. The second-order valence-electron chi connectivity index (χ2n) is 5.63. The van der Waals surface area contributed by atoms with Gasteiger partial charge in [0.2, 0.25) is 5.91 Å². The normalized spacial score (nSPS) is 17.7. The Kier molecular flexibility index (Phi) is 4.18. The van der Waals surface area contributed by atoms with Gasteiger partial charge in [-0.05, 0) is 18.1 Å². The van der Waals surface area contributed by atoms with E-state index in [1.165, 1.54) is 17.7 Å². The van der Waals surface area contributed by atoms with Gasteiger partial charge < -0.3 is 4.90 Å². The molecule has 2 aromatic rings. The Bertz CT molecular complexity index is 672. The summed E-state index contributed by atoms with van der Waals surface area (Å²) in [5.74, 6) is -1.66. The van der Waals surface area contributed by atoms with Crippen molar-refractivity contribution in [1.29, 1.82) is 0 Å². The summed E-state index contributed by atoms with van der Waals surface area (Å²) >= 11 is 0. The first-order valence-corrected chi connectivity index (χ1v) is 7.41. The maximum absolute atomic E-state index is 13.6. The molecule has 1 aliphatic rings. The number of carbonyl (C=O) groups is 1. The largest absolute Gasteiger partial charge is 0.342 e. The average molecular weight is 301 g/mol. The summed E-state index contributed by atoms with van der Waals surface area (Å²) in [5, 5.41) is 0. The van der Waals surface area contributed by atoms with Crippen molar-refractivity contribution in [3.8, 4) is 0 Å². The summed E-state index contributed by atoms with van der Waals surface area (Å²) < 4.78 is 26.8. The van der Waals surface area contributed by atoms with Crippen LogP contribution in [0.1, 0.15) is 23.5 Å². The summed E-state index contributed by atoms with van der Waals surface area (Å²) in [4.78, 5) is 14.0. The van der Waals surface area contributed by atoms with Gasteiger partial charge in [0.15, 0.2) is 11.6 Å². The van der Waals surface area contributed by atoms with E-state index in [4.69, 9.17) is 0 Å². The van der Waals surface area contributed by atoms with Crippen molar-refractivity contribution in [3.05, 3.63) is 71.3 Å². The topological polar surface area (TPSA) is 20.3 Å². The van der Waals surface area contributed by atoms with Gasteiger partial charge in [-0.15, -0.1) is 0 Å². The van der Waals surface area contributed by atoms with Crippen LogP contribution in [-0.2, 0) is 11.2 Å². The zero-order valence-electron chi connectivity index (χ0n) is 12.1. The third kappa shape index (κ3) is 3.01. The molecule has 114 valence electrons. The van der Waals surface area contributed by atoms with Crippen LogP contribution in [0.3, 0.4) is 0 Å². The van der Waals surface area contributed by atoms with Crippen LogP contribution in [0.4, 0.5) is 8.78 Å². The lowest BCUT2D eigenvalue weighted by atomic mass is 9.99. The van der Waals surface area contributed by atoms with Crippen molar-refractivity contribution >= 4 is 5.91 Å². The van der Waals surface area contributed by atoms with Gasteiger partial charge in [0.25, 0.3) is 0 Å². The molecular formula is C18H17F2NO. The fraction of sp³-hybridized carbons (Fsp3) is 0.278. The van der Waals surface area contributed by atoms with Gasteiger partial charge in [-0.2, -0.15) is 0 Å². The minimum Gasteiger partial charge on any atom is -0.342 e. The molecule has 0 aliphatic carbocycles. The van der Waals surface area contributed by atoms with Crippen LogP contribution in [-0.4, -0.2) is 23.9 Å². The molecule has 1 fully saturated rings. The number of nitrogens with zero attached hydrogens (tertiary/aromatic N) is 1. The zero-order valence-corrected chi connectivity index (χ0v) is 12.1. The Morgan fingerprint density at radius 3 is 2.64 bits per heavy atom. The van der Waals surface area contributed by atoms with Gasteiger partial charge in [0.1, 0.15) is 0 Å². The molecule has 4 heteroatoms. The Morgan fingerprint density at radius 2 is 1.86 bits per heavy atom. The van der Waals surface area contributed by atoms with Crippen molar-refractivity contribution in [1.82, 2.24) is 4.90 Å². The van der Waals surface area contributed by atoms with Gasteiger partial charge in [-0.25, -0.2) is 8.78 Å². The van der Waals surface area contributed by atoms with Gasteiger partial charge in [-0.3, -0.25) is 4.79 Å². The van der Waals surface area contributed by atoms with E-state index in [-0.39, 0.29) is 17.9 Å². The highest BCUT2D eigenvalue weighted by atomic mass is 19.2. The molecule has 0 radical (unpaired) electrons.